The van der Waals surface area contributed by atoms with Crippen LogP contribution in [-0.2, 0) is 20.7 Å². The Kier molecular flexibility index (Phi) is 16.2. The van der Waals surface area contributed by atoms with Gasteiger partial charge in [-0.3, -0.25) is 14.9 Å². The summed E-state index contributed by atoms with van der Waals surface area (Å²) >= 11 is 0. The van der Waals surface area contributed by atoms with Gasteiger partial charge in [0.1, 0.15) is 18.8 Å². The molecule has 1 amide bonds. The molecule has 3 aliphatic carbocycles. The van der Waals surface area contributed by atoms with Crippen LogP contribution in [0.25, 0.3) is 0 Å². The number of aliphatic hydroxyl groups is 4. The molecule has 1 spiro atoms. The van der Waals surface area contributed by atoms with Crippen molar-refractivity contribution < 1.29 is 34.8 Å². The van der Waals surface area contributed by atoms with Gasteiger partial charge in [-0.2, -0.15) is 0 Å². The fraction of sp³-hybridized carbons (Fsp3) is 0.608. The average molecular weight is 838 g/mol. The summed E-state index contributed by atoms with van der Waals surface area (Å²) in [7, 11) is 0. The third-order valence-electron chi connectivity index (χ3n) is 14.4. The van der Waals surface area contributed by atoms with E-state index < -0.39 is 35.4 Å². The lowest BCUT2D eigenvalue weighted by atomic mass is 9.52. The van der Waals surface area contributed by atoms with Crippen molar-refractivity contribution in [1.82, 2.24) is 10.6 Å². The van der Waals surface area contributed by atoms with E-state index in [1.165, 1.54) is 5.57 Å². The van der Waals surface area contributed by atoms with Crippen molar-refractivity contribution in [3.63, 3.8) is 0 Å². The molecule has 0 bridgehead atoms. The highest BCUT2D eigenvalue weighted by Gasteiger charge is 2.64. The average Bonchev–Trinajstić information content (AvgIpc) is 3.57. The third-order valence-corrected chi connectivity index (χ3v) is 14.4. The molecular weight excluding hydrogens is 767 g/mol. The summed E-state index contributed by atoms with van der Waals surface area (Å²) in [6, 6.07) is 4.88. The molecule has 8 atom stereocenters. The maximum atomic E-state index is 15.3. The van der Waals surface area contributed by atoms with Gasteiger partial charge < -0.3 is 36.2 Å². The molecule has 2 aliphatic heterocycles. The standard InChI is InChI=1S/C51H71N3O7/c1-33-14-8-9-29-61-32-38(21-11-17-34(2)16-10-15-33)39-25-27-51(47(39)58)42(23-13-28-55)40(24-26-50(51,4)60)44(36-18-6-5-7-19-36)43(57)30-37-20-12-22-41-45(37)46(53-31-35(3)56)49(59)54-48(41)52/h11-12,15,17,20-22,35-36,39,42,46-48,53,55-56,58,60H,2,5-7,10,13-14,16,18-19,23-32,52H2,1,3-4H3,(H,54,59)/b17-11+,33-15+,38-21-,44-40+/t35-,39+,42+,46-,47+,48+,50+,51+/m0/s1. The van der Waals surface area contributed by atoms with Crippen molar-refractivity contribution in [2.75, 3.05) is 26.4 Å². The van der Waals surface area contributed by atoms with Crippen molar-refractivity contribution >= 4 is 11.7 Å². The van der Waals surface area contributed by atoms with Gasteiger partial charge in [0.05, 0.1) is 24.4 Å². The SMILES string of the molecule is C=C1/C=C/C=C(\[C@H]2CC[C@@]3([C@H](CCCO)/C(=C(/C(=O)Cc4cccc5c4[C@H](NC[C@H](C)O)C(=O)N[C@H]5N)C4CCCCC4)CC[C@@]3(C)O)[C@@H]2O)COCC#CC/C(C)=C/CC1. The van der Waals surface area contributed by atoms with Crippen LogP contribution in [0, 0.1) is 35.0 Å². The summed E-state index contributed by atoms with van der Waals surface area (Å²) in [5, 5.41) is 52.1. The smallest absolute Gasteiger partial charge is 0.243 e. The van der Waals surface area contributed by atoms with Gasteiger partial charge in [-0.15, -0.1) is 0 Å². The fourth-order valence-corrected chi connectivity index (χ4v) is 11.3. The zero-order valence-electron chi connectivity index (χ0n) is 36.8. The third kappa shape index (κ3) is 10.6. The van der Waals surface area contributed by atoms with Gasteiger partial charge in [-0.1, -0.05) is 96.9 Å². The number of allylic oxidation sites excluding steroid dienone is 8. The second-order valence-corrected chi connectivity index (χ2v) is 18.7. The Bertz CT molecular complexity index is 1940. The highest BCUT2D eigenvalue weighted by Crippen LogP contribution is 2.63. The number of ether oxygens (including phenoxy) is 1. The number of carbonyl (C=O) groups is 2. The lowest BCUT2D eigenvalue weighted by Gasteiger charge is -2.56. The van der Waals surface area contributed by atoms with Gasteiger partial charge in [0.2, 0.25) is 5.91 Å². The first-order valence-electron chi connectivity index (χ1n) is 22.9. The Morgan fingerprint density at radius 1 is 1.15 bits per heavy atom. The Balaban J connectivity index is 1.41. The summed E-state index contributed by atoms with van der Waals surface area (Å²) in [5.41, 5.74) is 11.3. The molecule has 8 N–H and O–H groups in total. The van der Waals surface area contributed by atoms with Gasteiger partial charge in [-0.25, -0.2) is 0 Å². The normalized spacial score (nSPS) is 34.0. The van der Waals surface area contributed by atoms with Crippen LogP contribution in [0.3, 0.4) is 0 Å². The van der Waals surface area contributed by atoms with Crippen molar-refractivity contribution in [2.24, 2.45) is 28.9 Å². The second-order valence-electron chi connectivity index (χ2n) is 18.7. The second kappa shape index (κ2) is 21.1. The van der Waals surface area contributed by atoms with E-state index in [9.17, 15) is 25.2 Å². The molecule has 0 saturated heterocycles. The molecule has 1 aromatic carbocycles. The number of nitrogens with two attached hydrogens (primary N) is 1. The molecule has 61 heavy (non-hydrogen) atoms. The van der Waals surface area contributed by atoms with E-state index in [0.29, 0.717) is 50.5 Å². The van der Waals surface area contributed by atoms with Crippen LogP contribution >= 0.6 is 0 Å². The number of ketones is 1. The number of amides is 1. The molecule has 10 heteroatoms. The molecule has 10 nitrogen and oxygen atoms in total. The van der Waals surface area contributed by atoms with Crippen LogP contribution in [-0.4, -0.2) is 76.3 Å². The van der Waals surface area contributed by atoms with E-state index in [-0.39, 0.29) is 62.2 Å². The van der Waals surface area contributed by atoms with Gasteiger partial charge in [0.25, 0.3) is 0 Å². The van der Waals surface area contributed by atoms with Crippen molar-refractivity contribution in [2.45, 2.75) is 147 Å². The molecular formula is C51H71N3O7. The molecule has 0 unspecified atom stereocenters. The number of benzene rings is 1. The first-order valence-corrected chi connectivity index (χ1v) is 22.9. The topological polar surface area (TPSA) is 174 Å². The largest absolute Gasteiger partial charge is 0.396 e. The van der Waals surface area contributed by atoms with Gasteiger partial charge >= 0.3 is 0 Å². The van der Waals surface area contributed by atoms with Crippen LogP contribution in [0.15, 0.2) is 76.9 Å². The number of hydrogen-bond donors (Lipinski definition) is 7. The maximum absolute atomic E-state index is 15.3. The van der Waals surface area contributed by atoms with Gasteiger partial charge in [0.15, 0.2) is 5.78 Å². The Morgan fingerprint density at radius 2 is 1.93 bits per heavy atom. The van der Waals surface area contributed by atoms with E-state index in [1.54, 1.807) is 6.92 Å². The van der Waals surface area contributed by atoms with Crippen molar-refractivity contribution in [1.29, 1.82) is 0 Å². The van der Waals surface area contributed by atoms with Gasteiger partial charge in [0, 0.05) is 37.3 Å². The highest BCUT2D eigenvalue weighted by atomic mass is 16.5. The monoisotopic (exact) mass is 838 g/mol. The number of nitrogens with one attached hydrogen (secondary N) is 2. The summed E-state index contributed by atoms with van der Waals surface area (Å²) in [5.74, 6) is 5.42. The van der Waals surface area contributed by atoms with Gasteiger partial charge in [-0.05, 0) is 125 Å². The van der Waals surface area contributed by atoms with E-state index >= 15 is 4.79 Å². The van der Waals surface area contributed by atoms with Crippen LogP contribution in [0.2, 0.25) is 0 Å². The van der Waals surface area contributed by atoms with E-state index in [0.717, 1.165) is 78.4 Å². The first kappa shape index (κ1) is 46.8. The minimum atomic E-state index is -1.25. The first-order chi connectivity index (χ1) is 29.3. The molecule has 0 aromatic heterocycles. The predicted molar refractivity (Wildman–Crippen MR) is 240 cm³/mol. The summed E-state index contributed by atoms with van der Waals surface area (Å²) in [6.45, 7) is 10.6. The zero-order valence-corrected chi connectivity index (χ0v) is 36.8. The van der Waals surface area contributed by atoms with Crippen molar-refractivity contribution in [3.05, 3.63) is 93.6 Å². The highest BCUT2D eigenvalue weighted by molar-refractivity contribution is 5.99. The predicted octanol–water partition coefficient (Wildman–Crippen LogP) is 6.65. The Labute approximate surface area is 363 Å². The molecule has 1 aromatic rings. The lowest BCUT2D eigenvalue weighted by Crippen LogP contribution is -2.59. The van der Waals surface area contributed by atoms with Crippen LogP contribution in [0.5, 0.6) is 0 Å². The van der Waals surface area contributed by atoms with Crippen LogP contribution in [0.4, 0.5) is 0 Å². The number of fused-ring (bicyclic) bond motifs is 1. The van der Waals surface area contributed by atoms with E-state index in [2.05, 4.69) is 42.1 Å². The molecule has 6 rings (SSSR count). The molecule has 3 saturated carbocycles. The maximum Gasteiger partial charge on any atom is 0.243 e. The minimum absolute atomic E-state index is 0.00586. The van der Waals surface area contributed by atoms with Crippen LogP contribution in [0.1, 0.15) is 140 Å². The lowest BCUT2D eigenvalue weighted by molar-refractivity contribution is -0.168. The van der Waals surface area contributed by atoms with E-state index in [4.69, 9.17) is 10.5 Å². The summed E-state index contributed by atoms with van der Waals surface area (Å²) < 4.78 is 6.15. The quantitative estimate of drug-likeness (QED) is 0.0732. The molecule has 5 aliphatic rings. The molecule has 3 fully saturated rings. The Morgan fingerprint density at radius 3 is 2.69 bits per heavy atom. The number of aliphatic hydroxyl groups excluding tert-OH is 3. The number of carbonyl (C=O) groups excluding carboxylic acids is 2. The minimum Gasteiger partial charge on any atom is -0.396 e. The fourth-order valence-electron chi connectivity index (χ4n) is 11.3. The summed E-state index contributed by atoms with van der Waals surface area (Å²) in [6.07, 6.45) is 16.3. The molecule has 332 valence electrons. The zero-order chi connectivity index (χ0) is 43.7. The number of rotatable bonds is 11. The molecule has 0 radical (unpaired) electrons. The van der Waals surface area contributed by atoms with Crippen LogP contribution < -0.4 is 16.4 Å². The Hall–Kier alpha value is -3.66. The number of hydrogen-bond acceptors (Lipinski definition) is 9. The van der Waals surface area contributed by atoms with E-state index in [1.807, 2.05) is 43.4 Å². The molecule has 2 heterocycles. The number of Topliss-reactive ketones (excluding diaryl/α,β-unsaturated/α-hetero) is 1. The van der Waals surface area contributed by atoms with Crippen molar-refractivity contribution in [3.8, 4) is 11.8 Å². The summed E-state index contributed by atoms with van der Waals surface area (Å²) in [4.78, 5) is 28.7.